The van der Waals surface area contributed by atoms with Gasteiger partial charge in [0.2, 0.25) is 6.41 Å². The van der Waals surface area contributed by atoms with Crippen LogP contribution in [0.15, 0.2) is 54.2 Å². The van der Waals surface area contributed by atoms with Crippen molar-refractivity contribution < 1.29 is 29.1 Å². The molecule has 240 valence electrons. The van der Waals surface area contributed by atoms with Crippen LogP contribution >= 0.6 is 0 Å². The number of oxime groups is 1. The van der Waals surface area contributed by atoms with E-state index in [1.54, 1.807) is 62.9 Å². The number of nitrogens with one attached hydrogen (secondary N) is 2. The summed E-state index contributed by atoms with van der Waals surface area (Å²) in [5.74, 6) is 8.06. The highest BCUT2D eigenvalue weighted by atomic mass is 16.5. The summed E-state index contributed by atoms with van der Waals surface area (Å²) in [5.41, 5.74) is 2.77. The lowest BCUT2D eigenvalue weighted by Crippen LogP contribution is -2.49. The first-order valence-electron chi connectivity index (χ1n) is 14.2. The molecule has 46 heavy (non-hydrogen) atoms. The first-order valence-corrected chi connectivity index (χ1v) is 14.2. The Morgan fingerprint density at radius 1 is 1.11 bits per heavy atom. The quantitative estimate of drug-likeness (QED) is 0.0896. The summed E-state index contributed by atoms with van der Waals surface area (Å²) in [7, 11) is 4.89. The third kappa shape index (κ3) is 8.17. The maximum absolute atomic E-state index is 11.5. The molecule has 2 aliphatic rings. The van der Waals surface area contributed by atoms with Crippen molar-refractivity contribution in [2.75, 3.05) is 52.3 Å². The van der Waals surface area contributed by atoms with Gasteiger partial charge >= 0.3 is 6.03 Å². The maximum Gasteiger partial charge on any atom is 0.322 e. The van der Waals surface area contributed by atoms with E-state index in [-0.39, 0.29) is 12.3 Å². The average molecular weight is 630 g/mol. The number of rotatable bonds is 6. The van der Waals surface area contributed by atoms with E-state index in [4.69, 9.17) is 9.47 Å². The fraction of sp³-hybridized carbons (Fsp3) is 0.323. The van der Waals surface area contributed by atoms with Crippen LogP contribution in [-0.4, -0.2) is 108 Å². The molecule has 3 aromatic rings. The fourth-order valence-corrected chi connectivity index (χ4v) is 4.78. The lowest BCUT2D eigenvalue weighted by Gasteiger charge is -2.36. The van der Waals surface area contributed by atoms with Crippen molar-refractivity contribution in [1.29, 1.82) is 0 Å². The summed E-state index contributed by atoms with van der Waals surface area (Å²) in [4.78, 5) is 51.7. The zero-order valence-corrected chi connectivity index (χ0v) is 25.9. The monoisotopic (exact) mass is 629 g/mol. The number of methoxy groups -OCH3 is 2. The van der Waals surface area contributed by atoms with Gasteiger partial charge in [0.05, 0.1) is 26.5 Å². The molecule has 0 aliphatic carbocycles. The van der Waals surface area contributed by atoms with Gasteiger partial charge in [0.1, 0.15) is 11.6 Å². The molecule has 15 nitrogen and oxygen atoms in total. The van der Waals surface area contributed by atoms with Crippen LogP contribution in [0, 0.1) is 11.8 Å². The third-order valence-corrected chi connectivity index (χ3v) is 7.12. The van der Waals surface area contributed by atoms with Gasteiger partial charge in [-0.1, -0.05) is 17.1 Å². The number of aromatic nitrogens is 3. The Balaban J connectivity index is 0.000000305. The van der Waals surface area contributed by atoms with Crippen molar-refractivity contribution in [2.24, 2.45) is 5.16 Å². The normalized spacial score (nSPS) is 14.6. The predicted octanol–water partition coefficient (Wildman–Crippen LogP) is 1.31. The van der Waals surface area contributed by atoms with Crippen molar-refractivity contribution in [3.05, 3.63) is 71.4 Å². The number of nitrogens with zero attached hydrogens (tertiary/aromatic N) is 7. The Hall–Kier alpha value is -5.91. The smallest absolute Gasteiger partial charge is 0.322 e. The number of anilines is 1. The molecule has 1 atom stereocenters. The van der Waals surface area contributed by atoms with Crippen LogP contribution in [0.5, 0.6) is 11.5 Å². The lowest BCUT2D eigenvalue weighted by atomic mass is 10.1. The van der Waals surface area contributed by atoms with Gasteiger partial charge in [-0.05, 0) is 36.6 Å². The summed E-state index contributed by atoms with van der Waals surface area (Å²) in [6, 6.07) is 6.13. The molecule has 4 heterocycles. The summed E-state index contributed by atoms with van der Waals surface area (Å²) >= 11 is 0. The van der Waals surface area contributed by atoms with Crippen LogP contribution in [0.2, 0.25) is 0 Å². The summed E-state index contributed by atoms with van der Waals surface area (Å²) < 4.78 is 10.5. The molecule has 0 radical (unpaired) electrons. The van der Waals surface area contributed by atoms with E-state index in [1.807, 2.05) is 22.3 Å². The number of imide groups is 1. The van der Waals surface area contributed by atoms with Gasteiger partial charge < -0.3 is 34.7 Å². The zero-order valence-electron chi connectivity index (χ0n) is 25.9. The van der Waals surface area contributed by atoms with Crippen molar-refractivity contribution in [3.63, 3.8) is 0 Å². The SMILES string of the molecule is COc1cc(/C(=N/O)N2CCN(c3cnccn3)CC2)cnc1C#CC(C)NC(=O)NC=O.COc1ccc2c(c1)C(=O)N(C)C2. The Bertz CT molecular complexity index is 1630. The van der Waals surface area contributed by atoms with Crippen molar-refractivity contribution >= 4 is 30.0 Å². The fourth-order valence-electron chi connectivity index (χ4n) is 4.78. The van der Waals surface area contributed by atoms with E-state index >= 15 is 0 Å². The highest BCUT2D eigenvalue weighted by molar-refractivity contribution is 5.99. The minimum Gasteiger partial charge on any atom is -0.497 e. The van der Waals surface area contributed by atoms with Crippen LogP contribution in [0.3, 0.4) is 0 Å². The predicted molar refractivity (Wildman–Crippen MR) is 168 cm³/mol. The first-order chi connectivity index (χ1) is 22.3. The lowest BCUT2D eigenvalue weighted by molar-refractivity contribution is -0.108. The molecule has 0 saturated carbocycles. The second-order valence-corrected chi connectivity index (χ2v) is 10.1. The summed E-state index contributed by atoms with van der Waals surface area (Å²) in [6.45, 7) is 4.98. The maximum atomic E-state index is 11.5. The number of hydrogen-bond donors (Lipinski definition) is 3. The van der Waals surface area contributed by atoms with Gasteiger partial charge in [0.15, 0.2) is 17.3 Å². The van der Waals surface area contributed by atoms with Gasteiger partial charge in [0.25, 0.3) is 5.91 Å². The standard InChI is InChI=1S/C21H24N8O4.C10H11NO2/c1-15(26-21(31)25-14-30)3-4-17-18(33-2)11-16(12-24-17)20(27-32)29-9-7-28(8-10-29)19-13-22-5-6-23-19;1-11-6-7-3-4-8(13-2)5-9(7)10(11)12/h5-6,11-15,32H,7-10H2,1-2H3,(H2,25,26,30,31);3-5H,6H2,1-2H3/b27-20-;. The number of ether oxygens (including phenoxy) is 2. The van der Waals surface area contributed by atoms with Crippen LogP contribution in [0.1, 0.15) is 34.1 Å². The van der Waals surface area contributed by atoms with Crippen LogP contribution in [0.4, 0.5) is 10.6 Å². The number of pyridine rings is 1. The number of fused-ring (bicyclic) bond motifs is 1. The minimum absolute atomic E-state index is 0.0777. The Labute approximate surface area is 266 Å². The second-order valence-electron chi connectivity index (χ2n) is 10.1. The first kappa shape index (κ1) is 33.0. The van der Waals surface area contributed by atoms with Crippen LogP contribution in [0.25, 0.3) is 0 Å². The molecule has 2 aromatic heterocycles. The molecule has 0 spiro atoms. The number of amidine groups is 1. The number of benzene rings is 1. The van der Waals surface area contributed by atoms with Gasteiger partial charge in [0, 0.05) is 69.5 Å². The Morgan fingerprint density at radius 2 is 1.89 bits per heavy atom. The Kier molecular flexibility index (Phi) is 11.3. The molecule has 1 aromatic carbocycles. The third-order valence-electron chi connectivity index (χ3n) is 7.12. The number of urea groups is 1. The average Bonchev–Trinajstić information content (AvgIpc) is 3.37. The van der Waals surface area contributed by atoms with Gasteiger partial charge in [-0.2, -0.15) is 0 Å². The largest absolute Gasteiger partial charge is 0.497 e. The second kappa shape index (κ2) is 15.7. The molecule has 1 unspecified atom stereocenters. The van der Waals surface area contributed by atoms with E-state index in [0.717, 1.165) is 22.7 Å². The van der Waals surface area contributed by atoms with E-state index in [0.29, 0.717) is 55.6 Å². The van der Waals surface area contributed by atoms with E-state index in [1.165, 1.54) is 7.11 Å². The molecule has 1 saturated heterocycles. The highest BCUT2D eigenvalue weighted by Crippen LogP contribution is 2.25. The van der Waals surface area contributed by atoms with E-state index in [9.17, 15) is 19.6 Å². The van der Waals surface area contributed by atoms with Crippen molar-refractivity contribution in [2.45, 2.75) is 19.5 Å². The van der Waals surface area contributed by atoms with Gasteiger partial charge in [-0.15, -0.1) is 0 Å². The number of hydrogen-bond acceptors (Lipinski definition) is 11. The van der Waals surface area contributed by atoms with Gasteiger partial charge in [-0.25, -0.2) is 14.8 Å². The van der Waals surface area contributed by atoms with Crippen molar-refractivity contribution in [1.82, 2.24) is 35.4 Å². The molecule has 3 N–H and O–H groups in total. The van der Waals surface area contributed by atoms with E-state index in [2.05, 4.69) is 42.2 Å². The molecular weight excluding hydrogens is 594 g/mol. The highest BCUT2D eigenvalue weighted by Gasteiger charge is 2.25. The molecule has 15 heteroatoms. The number of carbonyl (C=O) groups is 3. The minimum atomic E-state index is -0.648. The number of piperazine rings is 1. The zero-order chi connectivity index (χ0) is 33.1. The van der Waals surface area contributed by atoms with Crippen LogP contribution in [-0.2, 0) is 11.3 Å². The van der Waals surface area contributed by atoms with Gasteiger partial charge in [-0.3, -0.25) is 19.9 Å². The molecule has 0 bridgehead atoms. The molecule has 5 rings (SSSR count). The van der Waals surface area contributed by atoms with Crippen molar-refractivity contribution in [3.8, 4) is 23.3 Å². The summed E-state index contributed by atoms with van der Waals surface area (Å²) in [5, 5.41) is 17.7. The molecule has 4 amide bonds. The van der Waals surface area contributed by atoms with Crippen LogP contribution < -0.4 is 25.0 Å². The summed E-state index contributed by atoms with van der Waals surface area (Å²) in [6.07, 6.45) is 6.84. The number of amides is 4. The molecular formula is C31H35N9O6. The number of carbonyl (C=O) groups excluding carboxylic acids is 3. The Morgan fingerprint density at radius 3 is 2.54 bits per heavy atom. The molecule has 1 fully saturated rings. The van der Waals surface area contributed by atoms with E-state index < -0.39 is 12.1 Å². The topological polar surface area (TPSA) is 175 Å². The molecule has 2 aliphatic heterocycles.